The largest absolute Gasteiger partial charge is 0.507 e. The number of sulfonamides is 1. The monoisotopic (exact) mass is 395 g/mol. The lowest BCUT2D eigenvalue weighted by molar-refractivity contribution is -0.119. The van der Waals surface area contributed by atoms with Gasteiger partial charge < -0.3 is 5.11 Å². The predicted molar refractivity (Wildman–Crippen MR) is 102 cm³/mol. The number of hydrazone groups is 1. The SMILES string of the molecule is C/C(=N/NC(=O)CN(c1ccccc1Cl)S(C)(=O)=O)c1ccccc1O. The van der Waals surface area contributed by atoms with Gasteiger partial charge in [-0.3, -0.25) is 9.10 Å². The number of carbonyl (C=O) groups excluding carboxylic acids is 1. The molecule has 7 nitrogen and oxygen atoms in total. The Labute approximate surface area is 157 Å². The van der Waals surface area contributed by atoms with Crippen LogP contribution in [0.5, 0.6) is 5.75 Å². The summed E-state index contributed by atoms with van der Waals surface area (Å²) in [5, 5.41) is 13.9. The van der Waals surface area contributed by atoms with Crippen molar-refractivity contribution < 1.29 is 18.3 Å². The van der Waals surface area contributed by atoms with Gasteiger partial charge in [-0.15, -0.1) is 0 Å². The summed E-state index contributed by atoms with van der Waals surface area (Å²) < 4.78 is 25.0. The zero-order chi connectivity index (χ0) is 19.3. The summed E-state index contributed by atoms with van der Waals surface area (Å²) in [6.45, 7) is 1.12. The highest BCUT2D eigenvalue weighted by Gasteiger charge is 2.22. The third kappa shape index (κ3) is 4.96. The summed E-state index contributed by atoms with van der Waals surface area (Å²) in [5.74, 6) is -0.623. The number of nitrogens with zero attached hydrogens (tertiary/aromatic N) is 2. The Morgan fingerprint density at radius 3 is 2.42 bits per heavy atom. The van der Waals surface area contributed by atoms with Crippen molar-refractivity contribution in [1.82, 2.24) is 5.43 Å². The number of anilines is 1. The summed E-state index contributed by atoms with van der Waals surface area (Å²) in [4.78, 5) is 12.2. The molecule has 0 saturated carbocycles. The van der Waals surface area contributed by atoms with Gasteiger partial charge in [-0.2, -0.15) is 5.10 Å². The van der Waals surface area contributed by atoms with Crippen LogP contribution in [0.25, 0.3) is 0 Å². The van der Waals surface area contributed by atoms with Gasteiger partial charge in [-0.05, 0) is 31.2 Å². The molecule has 0 aliphatic carbocycles. The number of carbonyl (C=O) groups is 1. The molecule has 138 valence electrons. The second-order valence-corrected chi connectivity index (χ2v) is 7.78. The van der Waals surface area contributed by atoms with Gasteiger partial charge in [-0.25, -0.2) is 13.8 Å². The average Bonchev–Trinajstić information content (AvgIpc) is 2.58. The Balaban J connectivity index is 2.17. The molecule has 2 aromatic carbocycles. The minimum atomic E-state index is -3.73. The first-order valence-corrected chi connectivity index (χ1v) is 9.76. The van der Waals surface area contributed by atoms with Crippen LogP contribution in [0.4, 0.5) is 5.69 Å². The zero-order valence-electron chi connectivity index (χ0n) is 14.2. The summed E-state index contributed by atoms with van der Waals surface area (Å²) in [6.07, 6.45) is 0.986. The van der Waals surface area contributed by atoms with Crippen LogP contribution >= 0.6 is 11.6 Å². The molecule has 2 N–H and O–H groups in total. The fraction of sp³-hybridized carbons (Fsp3) is 0.176. The third-order valence-corrected chi connectivity index (χ3v) is 4.90. The van der Waals surface area contributed by atoms with E-state index in [1.807, 2.05) is 0 Å². The lowest BCUT2D eigenvalue weighted by Gasteiger charge is -2.22. The minimum Gasteiger partial charge on any atom is -0.507 e. The van der Waals surface area contributed by atoms with Crippen LogP contribution in [0.3, 0.4) is 0 Å². The van der Waals surface area contributed by atoms with E-state index in [1.54, 1.807) is 37.3 Å². The zero-order valence-corrected chi connectivity index (χ0v) is 15.8. The maximum absolute atomic E-state index is 12.2. The van der Waals surface area contributed by atoms with Crippen molar-refractivity contribution in [3.8, 4) is 5.75 Å². The van der Waals surface area contributed by atoms with Crippen LogP contribution in [0, 0.1) is 0 Å². The van der Waals surface area contributed by atoms with Crippen LogP contribution in [0.15, 0.2) is 53.6 Å². The summed E-state index contributed by atoms with van der Waals surface area (Å²) in [5.41, 5.74) is 3.32. The van der Waals surface area contributed by atoms with E-state index in [2.05, 4.69) is 10.5 Å². The van der Waals surface area contributed by atoms with Gasteiger partial charge in [0, 0.05) is 5.56 Å². The second-order valence-electron chi connectivity index (χ2n) is 5.47. The number of hydrogen-bond donors (Lipinski definition) is 2. The second kappa shape index (κ2) is 8.20. The molecule has 26 heavy (non-hydrogen) atoms. The molecule has 0 heterocycles. The first-order chi connectivity index (χ1) is 12.2. The topological polar surface area (TPSA) is 99.1 Å². The Morgan fingerprint density at radius 1 is 1.19 bits per heavy atom. The highest BCUT2D eigenvalue weighted by molar-refractivity contribution is 7.92. The van der Waals surface area contributed by atoms with Gasteiger partial charge in [0.05, 0.1) is 22.7 Å². The number of phenols is 1. The number of rotatable bonds is 6. The molecule has 2 rings (SSSR count). The van der Waals surface area contributed by atoms with Crippen LogP contribution in [0.2, 0.25) is 5.02 Å². The van der Waals surface area contributed by atoms with E-state index < -0.39 is 22.5 Å². The molecule has 0 aliphatic heterocycles. The van der Waals surface area contributed by atoms with Crippen molar-refractivity contribution in [3.63, 3.8) is 0 Å². The summed E-state index contributed by atoms with van der Waals surface area (Å²) in [6, 6.07) is 12.9. The lowest BCUT2D eigenvalue weighted by atomic mass is 10.1. The fourth-order valence-corrected chi connectivity index (χ4v) is 3.34. The van der Waals surface area contributed by atoms with Crippen molar-refractivity contribution in [3.05, 3.63) is 59.1 Å². The maximum Gasteiger partial charge on any atom is 0.260 e. The van der Waals surface area contributed by atoms with Gasteiger partial charge in [0.25, 0.3) is 5.91 Å². The Morgan fingerprint density at radius 2 is 1.81 bits per heavy atom. The van der Waals surface area contributed by atoms with E-state index in [0.29, 0.717) is 11.3 Å². The molecule has 0 saturated heterocycles. The molecule has 0 aromatic heterocycles. The van der Waals surface area contributed by atoms with Crippen molar-refractivity contribution in [2.45, 2.75) is 6.92 Å². The van der Waals surface area contributed by atoms with Crippen molar-refractivity contribution in [1.29, 1.82) is 0 Å². The number of aromatic hydroxyl groups is 1. The Bertz CT molecular complexity index is 945. The predicted octanol–water partition coefficient (Wildman–Crippen LogP) is 2.35. The Hall–Kier alpha value is -2.58. The molecule has 0 spiro atoms. The fourth-order valence-electron chi connectivity index (χ4n) is 2.19. The summed E-state index contributed by atoms with van der Waals surface area (Å²) in [7, 11) is -3.73. The normalized spacial score (nSPS) is 11.9. The first kappa shape index (κ1) is 19.7. The molecule has 9 heteroatoms. The number of halogens is 1. The van der Waals surface area contributed by atoms with Crippen molar-refractivity contribution in [2.75, 3.05) is 17.1 Å². The van der Waals surface area contributed by atoms with Crippen molar-refractivity contribution >= 4 is 38.9 Å². The van der Waals surface area contributed by atoms with E-state index in [-0.39, 0.29) is 16.5 Å². The maximum atomic E-state index is 12.2. The van der Waals surface area contributed by atoms with E-state index in [4.69, 9.17) is 11.6 Å². The molecule has 0 unspecified atom stereocenters. The third-order valence-electron chi connectivity index (χ3n) is 3.45. The first-order valence-electron chi connectivity index (χ1n) is 7.54. The molecular weight excluding hydrogens is 378 g/mol. The molecule has 0 atom stereocenters. The van der Waals surface area contributed by atoms with E-state index in [0.717, 1.165) is 10.6 Å². The molecule has 0 aliphatic rings. The highest BCUT2D eigenvalue weighted by atomic mass is 35.5. The van der Waals surface area contributed by atoms with Crippen LogP contribution in [-0.4, -0.2) is 37.9 Å². The molecule has 0 bridgehead atoms. The number of para-hydroxylation sites is 2. The molecule has 1 amide bonds. The minimum absolute atomic E-state index is 0.0248. The standard InChI is InChI=1S/C17H18ClN3O4S/c1-12(13-7-3-6-10-16(13)22)19-20-17(23)11-21(26(2,24)25)15-9-5-4-8-14(15)18/h3-10,22H,11H2,1-2H3,(H,20,23)/b19-12-. The molecule has 2 aromatic rings. The lowest BCUT2D eigenvalue weighted by Crippen LogP contribution is -2.39. The number of benzene rings is 2. The van der Waals surface area contributed by atoms with Crippen LogP contribution in [0.1, 0.15) is 12.5 Å². The molecule has 0 radical (unpaired) electrons. The molecule has 0 fully saturated rings. The molecular formula is C17H18ClN3O4S. The number of amides is 1. The van der Waals surface area contributed by atoms with Gasteiger partial charge in [-0.1, -0.05) is 35.9 Å². The highest BCUT2D eigenvalue weighted by Crippen LogP contribution is 2.26. The van der Waals surface area contributed by atoms with Crippen LogP contribution in [-0.2, 0) is 14.8 Å². The van der Waals surface area contributed by atoms with Gasteiger partial charge in [0.2, 0.25) is 10.0 Å². The average molecular weight is 396 g/mol. The summed E-state index contributed by atoms with van der Waals surface area (Å²) >= 11 is 6.04. The van der Waals surface area contributed by atoms with Gasteiger partial charge >= 0.3 is 0 Å². The van der Waals surface area contributed by atoms with Gasteiger partial charge in [0.1, 0.15) is 12.3 Å². The number of nitrogens with one attached hydrogen (secondary N) is 1. The number of hydrogen-bond acceptors (Lipinski definition) is 5. The van der Waals surface area contributed by atoms with E-state index >= 15 is 0 Å². The van der Waals surface area contributed by atoms with Crippen LogP contribution < -0.4 is 9.73 Å². The van der Waals surface area contributed by atoms with E-state index in [9.17, 15) is 18.3 Å². The van der Waals surface area contributed by atoms with Gasteiger partial charge in [0.15, 0.2) is 0 Å². The van der Waals surface area contributed by atoms with Crippen molar-refractivity contribution in [2.24, 2.45) is 5.10 Å². The quantitative estimate of drug-likeness (QED) is 0.579. The number of phenolic OH excluding ortho intramolecular Hbond substituents is 1. The van der Waals surface area contributed by atoms with E-state index in [1.165, 1.54) is 18.2 Å². The smallest absolute Gasteiger partial charge is 0.260 e. The Kier molecular flexibility index (Phi) is 6.23.